The summed E-state index contributed by atoms with van der Waals surface area (Å²) in [6.07, 6.45) is 0.173. The Morgan fingerprint density at radius 1 is 0.933 bits per heavy atom. The molecule has 0 aliphatic carbocycles. The lowest BCUT2D eigenvalue weighted by molar-refractivity contribution is -0.155. The number of carbonyl (C=O) groups is 3. The van der Waals surface area contributed by atoms with E-state index < -0.39 is 35.9 Å². The maximum absolute atomic E-state index is 10.7. The van der Waals surface area contributed by atoms with Gasteiger partial charge in [0.15, 0.2) is 0 Å². The van der Waals surface area contributed by atoms with Crippen molar-refractivity contribution < 1.29 is 29.7 Å². The monoisotopic (exact) mass is 217 g/mol. The summed E-state index contributed by atoms with van der Waals surface area (Å²) in [7, 11) is 0. The number of hydrogen-bond donors (Lipinski definition) is 4. The van der Waals surface area contributed by atoms with Crippen molar-refractivity contribution in [3.05, 3.63) is 0 Å². The van der Waals surface area contributed by atoms with Gasteiger partial charge in [0.1, 0.15) is 12.1 Å². The third-order valence-corrected chi connectivity index (χ3v) is 2.43. The molecule has 4 N–H and O–H groups in total. The minimum absolute atomic E-state index is 0.0519. The summed E-state index contributed by atoms with van der Waals surface area (Å²) in [6.45, 7) is 0. The Labute approximate surface area is 84.7 Å². The predicted molar refractivity (Wildman–Crippen MR) is 46.3 cm³/mol. The number of rotatable bonds is 3. The standard InChI is InChI=1S/C8H11NO6/c10-6(11)3-1-2-4(7(12)13)9-5(3)8(14)15/h3-5,9H,1-2H2,(H,10,11)(H,12,13)(H,14,15). The van der Waals surface area contributed by atoms with Crippen LogP contribution in [0.4, 0.5) is 0 Å². The first-order valence-electron chi connectivity index (χ1n) is 4.38. The van der Waals surface area contributed by atoms with E-state index in [0.717, 1.165) is 0 Å². The van der Waals surface area contributed by atoms with Crippen molar-refractivity contribution in [1.82, 2.24) is 5.32 Å². The van der Waals surface area contributed by atoms with E-state index >= 15 is 0 Å². The van der Waals surface area contributed by atoms with Crippen molar-refractivity contribution >= 4 is 17.9 Å². The van der Waals surface area contributed by atoms with E-state index in [0.29, 0.717) is 0 Å². The molecule has 1 aliphatic rings. The van der Waals surface area contributed by atoms with Gasteiger partial charge in [-0.05, 0) is 12.8 Å². The molecule has 1 aliphatic heterocycles. The van der Waals surface area contributed by atoms with Crippen LogP contribution in [-0.4, -0.2) is 45.3 Å². The molecule has 3 unspecified atom stereocenters. The summed E-state index contributed by atoms with van der Waals surface area (Å²) in [5, 5.41) is 28.4. The largest absolute Gasteiger partial charge is 0.481 e. The molecule has 1 rings (SSSR count). The molecule has 1 heterocycles. The molecule has 0 radical (unpaired) electrons. The van der Waals surface area contributed by atoms with Gasteiger partial charge in [-0.2, -0.15) is 0 Å². The van der Waals surface area contributed by atoms with Crippen molar-refractivity contribution in [2.45, 2.75) is 24.9 Å². The highest BCUT2D eigenvalue weighted by molar-refractivity contribution is 5.84. The summed E-state index contributed by atoms with van der Waals surface area (Å²) in [6, 6.07) is -2.32. The predicted octanol–water partition coefficient (Wildman–Crippen LogP) is -1.02. The maximum atomic E-state index is 10.7. The second-order valence-corrected chi connectivity index (χ2v) is 3.40. The summed E-state index contributed by atoms with van der Waals surface area (Å²) < 4.78 is 0. The molecule has 0 amide bonds. The quantitative estimate of drug-likeness (QED) is 0.476. The number of carboxylic acid groups (broad SMARTS) is 3. The van der Waals surface area contributed by atoms with E-state index in [9.17, 15) is 14.4 Å². The van der Waals surface area contributed by atoms with Gasteiger partial charge in [-0.15, -0.1) is 0 Å². The van der Waals surface area contributed by atoms with Crippen molar-refractivity contribution in [2.24, 2.45) is 5.92 Å². The van der Waals surface area contributed by atoms with Crippen LogP contribution >= 0.6 is 0 Å². The van der Waals surface area contributed by atoms with Crippen LogP contribution in [0.3, 0.4) is 0 Å². The number of nitrogens with one attached hydrogen (secondary N) is 1. The number of hydrogen-bond acceptors (Lipinski definition) is 4. The first kappa shape index (κ1) is 11.4. The van der Waals surface area contributed by atoms with Gasteiger partial charge in [0.05, 0.1) is 5.92 Å². The Balaban J connectivity index is 2.78. The highest BCUT2D eigenvalue weighted by Crippen LogP contribution is 2.20. The smallest absolute Gasteiger partial charge is 0.321 e. The highest BCUT2D eigenvalue weighted by Gasteiger charge is 2.40. The van der Waals surface area contributed by atoms with Gasteiger partial charge in [-0.25, -0.2) is 0 Å². The number of carboxylic acids is 3. The first-order valence-corrected chi connectivity index (χ1v) is 4.38. The molecular formula is C8H11NO6. The lowest BCUT2D eigenvalue weighted by Gasteiger charge is -2.30. The van der Waals surface area contributed by atoms with Crippen molar-refractivity contribution in [3.63, 3.8) is 0 Å². The van der Waals surface area contributed by atoms with Crippen LogP contribution in [0, 0.1) is 5.92 Å². The lowest BCUT2D eigenvalue weighted by Crippen LogP contribution is -2.56. The average molecular weight is 217 g/mol. The zero-order valence-corrected chi connectivity index (χ0v) is 7.71. The second-order valence-electron chi connectivity index (χ2n) is 3.40. The molecule has 1 fully saturated rings. The van der Waals surface area contributed by atoms with Crippen LogP contribution < -0.4 is 5.32 Å². The summed E-state index contributed by atoms with van der Waals surface area (Å²) >= 11 is 0. The molecule has 0 saturated carbocycles. The second kappa shape index (κ2) is 4.26. The Bertz CT molecular complexity index is 302. The zero-order valence-electron chi connectivity index (χ0n) is 7.71. The molecule has 0 bridgehead atoms. The fourth-order valence-electron chi connectivity index (χ4n) is 1.63. The Kier molecular flexibility index (Phi) is 3.25. The molecule has 7 heteroatoms. The van der Waals surface area contributed by atoms with Crippen molar-refractivity contribution in [3.8, 4) is 0 Å². The van der Waals surface area contributed by atoms with Crippen LogP contribution in [0.1, 0.15) is 12.8 Å². The summed E-state index contributed by atoms with van der Waals surface area (Å²) in [5.41, 5.74) is 0. The molecule has 0 aromatic carbocycles. The van der Waals surface area contributed by atoms with Crippen LogP contribution in [0.5, 0.6) is 0 Å². The molecule has 7 nitrogen and oxygen atoms in total. The van der Waals surface area contributed by atoms with Gasteiger partial charge in [-0.3, -0.25) is 19.7 Å². The molecule has 3 atom stereocenters. The molecular weight excluding hydrogens is 206 g/mol. The minimum atomic E-state index is -1.34. The molecule has 0 aromatic rings. The van der Waals surface area contributed by atoms with Gasteiger partial charge in [0, 0.05) is 0 Å². The number of piperidine rings is 1. The van der Waals surface area contributed by atoms with E-state index in [-0.39, 0.29) is 12.8 Å². The molecule has 0 spiro atoms. The summed E-state index contributed by atoms with van der Waals surface area (Å²) in [4.78, 5) is 32.0. The van der Waals surface area contributed by atoms with E-state index in [1.807, 2.05) is 0 Å². The lowest BCUT2D eigenvalue weighted by atomic mass is 9.87. The van der Waals surface area contributed by atoms with Gasteiger partial charge in [-0.1, -0.05) is 0 Å². The topological polar surface area (TPSA) is 124 Å². The Hall–Kier alpha value is -1.63. The maximum Gasteiger partial charge on any atom is 0.321 e. The fourth-order valence-corrected chi connectivity index (χ4v) is 1.63. The molecule has 84 valence electrons. The normalized spacial score (nSPS) is 30.8. The average Bonchev–Trinajstić information content (AvgIpc) is 2.16. The van der Waals surface area contributed by atoms with E-state index in [4.69, 9.17) is 15.3 Å². The van der Waals surface area contributed by atoms with Gasteiger partial charge >= 0.3 is 17.9 Å². The van der Waals surface area contributed by atoms with Crippen LogP contribution in [0.15, 0.2) is 0 Å². The van der Waals surface area contributed by atoms with Crippen molar-refractivity contribution in [2.75, 3.05) is 0 Å². The third-order valence-electron chi connectivity index (χ3n) is 2.43. The third kappa shape index (κ3) is 2.44. The van der Waals surface area contributed by atoms with E-state index in [1.54, 1.807) is 0 Å². The van der Waals surface area contributed by atoms with Gasteiger partial charge < -0.3 is 15.3 Å². The zero-order chi connectivity index (χ0) is 11.6. The molecule has 15 heavy (non-hydrogen) atoms. The summed E-state index contributed by atoms with van der Waals surface area (Å²) in [5.74, 6) is -4.80. The van der Waals surface area contributed by atoms with Gasteiger partial charge in [0.25, 0.3) is 0 Å². The fraction of sp³-hybridized carbons (Fsp3) is 0.625. The minimum Gasteiger partial charge on any atom is -0.481 e. The Morgan fingerprint density at radius 3 is 1.93 bits per heavy atom. The van der Waals surface area contributed by atoms with Crippen LogP contribution in [-0.2, 0) is 14.4 Å². The SMILES string of the molecule is O=C(O)C1CCC(C(=O)O)C(C(=O)O)N1. The first-order chi connectivity index (χ1) is 6.93. The molecule has 0 aromatic heterocycles. The van der Waals surface area contributed by atoms with E-state index in [1.165, 1.54) is 0 Å². The Morgan fingerprint density at radius 2 is 1.53 bits per heavy atom. The number of aliphatic carboxylic acids is 3. The van der Waals surface area contributed by atoms with Gasteiger partial charge in [0.2, 0.25) is 0 Å². The van der Waals surface area contributed by atoms with Crippen LogP contribution in [0.2, 0.25) is 0 Å². The highest BCUT2D eigenvalue weighted by atomic mass is 16.4. The van der Waals surface area contributed by atoms with Crippen LogP contribution in [0.25, 0.3) is 0 Å². The van der Waals surface area contributed by atoms with E-state index in [2.05, 4.69) is 5.32 Å². The molecule has 1 saturated heterocycles. The van der Waals surface area contributed by atoms with Crippen molar-refractivity contribution in [1.29, 1.82) is 0 Å².